The van der Waals surface area contributed by atoms with Gasteiger partial charge in [0.15, 0.2) is 0 Å². The van der Waals surface area contributed by atoms with Crippen LogP contribution in [0.25, 0.3) is 21.5 Å². The molecule has 30 heavy (non-hydrogen) atoms. The minimum absolute atomic E-state index is 0.824. The number of benzene rings is 5. The lowest BCUT2D eigenvalue weighted by Crippen LogP contribution is -2.35. The second-order valence-corrected chi connectivity index (χ2v) is 12.0. The molecule has 0 aliphatic carbocycles. The van der Waals surface area contributed by atoms with Crippen LogP contribution in [0.1, 0.15) is 0 Å². The van der Waals surface area contributed by atoms with Crippen molar-refractivity contribution in [3.05, 3.63) is 91.0 Å². The van der Waals surface area contributed by atoms with Crippen molar-refractivity contribution in [3.63, 3.8) is 0 Å². The summed E-state index contributed by atoms with van der Waals surface area (Å²) in [6, 6.07) is 29.0. The summed E-state index contributed by atoms with van der Waals surface area (Å²) in [4.78, 5) is 0. The average molecular weight is 422 g/mol. The highest BCUT2D eigenvalue weighted by atomic mass is 32.4. The van der Waals surface area contributed by atoms with E-state index in [9.17, 15) is 0 Å². The van der Waals surface area contributed by atoms with Crippen molar-refractivity contribution in [2.45, 2.75) is 0 Å². The molecule has 1 unspecified atom stereocenters. The van der Waals surface area contributed by atoms with E-state index >= 15 is 0 Å². The Morgan fingerprint density at radius 2 is 1.27 bits per heavy atom. The van der Waals surface area contributed by atoms with Crippen molar-refractivity contribution < 1.29 is 9.47 Å². The standard InChI is InChI=1S/C26H15O2PS/c30-29-22-12-6-5-11-20(22)27-21-15-17-8-2-4-10-19(17)25(26(21)29)28-24-18-9-3-1-7-16(18)13-14-23(24)29/h1-15H. The number of rotatable bonds is 0. The fourth-order valence-corrected chi connectivity index (χ4v) is 9.22. The fourth-order valence-electron chi connectivity index (χ4n) is 4.74. The van der Waals surface area contributed by atoms with Crippen molar-refractivity contribution in [1.29, 1.82) is 0 Å². The molecule has 0 aromatic heterocycles. The van der Waals surface area contributed by atoms with Crippen molar-refractivity contribution in [1.82, 2.24) is 0 Å². The van der Waals surface area contributed by atoms with Gasteiger partial charge >= 0.3 is 0 Å². The van der Waals surface area contributed by atoms with E-state index < -0.39 is 6.04 Å². The fraction of sp³-hybridized carbons (Fsp3) is 0. The number of hydrogen-bond acceptors (Lipinski definition) is 3. The lowest BCUT2D eigenvalue weighted by atomic mass is 10.1. The molecule has 0 bridgehead atoms. The van der Waals surface area contributed by atoms with Crippen LogP contribution in [0.15, 0.2) is 91.0 Å². The Labute approximate surface area is 178 Å². The van der Waals surface area contributed by atoms with E-state index in [0.717, 1.165) is 60.5 Å². The van der Waals surface area contributed by atoms with Crippen LogP contribution in [0.4, 0.5) is 0 Å². The maximum atomic E-state index is 6.71. The predicted octanol–water partition coefficient (Wildman–Crippen LogP) is 5.96. The van der Waals surface area contributed by atoms with Gasteiger partial charge in [-0.05, 0) is 35.0 Å². The lowest BCUT2D eigenvalue weighted by molar-refractivity contribution is 0.473. The largest absolute Gasteiger partial charge is 0.456 e. The minimum atomic E-state index is -2.34. The van der Waals surface area contributed by atoms with Gasteiger partial charge in [0, 0.05) is 21.4 Å². The van der Waals surface area contributed by atoms with Gasteiger partial charge < -0.3 is 9.47 Å². The molecule has 2 aliphatic heterocycles. The highest BCUT2D eigenvalue weighted by Crippen LogP contribution is 2.60. The maximum Gasteiger partial charge on any atom is 0.148 e. The molecule has 0 amide bonds. The molecular weight excluding hydrogens is 407 g/mol. The molecule has 1 atom stereocenters. The number of fused-ring (bicyclic) bond motifs is 8. The van der Waals surface area contributed by atoms with Gasteiger partial charge in [-0.3, -0.25) is 0 Å². The summed E-state index contributed by atoms with van der Waals surface area (Å²) in [6.45, 7) is 0. The van der Waals surface area contributed by atoms with Crippen LogP contribution in [0.3, 0.4) is 0 Å². The Balaban J connectivity index is 1.71. The van der Waals surface area contributed by atoms with Gasteiger partial charge in [0.05, 0.1) is 11.3 Å². The van der Waals surface area contributed by atoms with Crippen LogP contribution in [0.2, 0.25) is 0 Å². The van der Waals surface area contributed by atoms with Gasteiger partial charge in [0.1, 0.15) is 23.0 Å². The third-order valence-electron chi connectivity index (χ3n) is 6.08. The molecule has 4 heteroatoms. The van der Waals surface area contributed by atoms with Crippen LogP contribution in [-0.2, 0) is 11.8 Å². The van der Waals surface area contributed by atoms with Gasteiger partial charge in [-0.2, -0.15) is 0 Å². The molecule has 7 rings (SSSR count). The zero-order chi connectivity index (χ0) is 19.9. The first kappa shape index (κ1) is 16.6. The monoisotopic (exact) mass is 422 g/mol. The molecule has 2 aliphatic rings. The molecule has 0 saturated carbocycles. The third-order valence-corrected chi connectivity index (χ3v) is 10.9. The molecule has 0 radical (unpaired) electrons. The summed E-state index contributed by atoms with van der Waals surface area (Å²) in [5, 5.41) is 7.67. The molecular formula is C26H15O2PS. The highest BCUT2D eigenvalue weighted by molar-refractivity contribution is 8.26. The third kappa shape index (κ3) is 1.97. The van der Waals surface area contributed by atoms with Crippen molar-refractivity contribution in [2.75, 3.05) is 0 Å². The summed E-state index contributed by atoms with van der Waals surface area (Å²) in [5.74, 6) is 3.42. The summed E-state index contributed by atoms with van der Waals surface area (Å²) in [7, 11) is 0. The summed E-state index contributed by atoms with van der Waals surface area (Å²) < 4.78 is 13.1. The molecule has 2 nitrogen and oxygen atoms in total. The maximum absolute atomic E-state index is 6.71. The number of ether oxygens (including phenoxy) is 2. The zero-order valence-corrected chi connectivity index (χ0v) is 17.5. The second-order valence-electron chi connectivity index (χ2n) is 7.69. The Bertz CT molecular complexity index is 1590. The Morgan fingerprint density at radius 3 is 2.13 bits per heavy atom. The normalized spacial score (nSPS) is 18.1. The van der Waals surface area contributed by atoms with Crippen molar-refractivity contribution in [3.8, 4) is 23.0 Å². The number of hydrogen-bond donors (Lipinski definition) is 0. The second kappa shape index (κ2) is 5.72. The Morgan fingerprint density at radius 1 is 0.567 bits per heavy atom. The van der Waals surface area contributed by atoms with Crippen LogP contribution in [0, 0.1) is 0 Å². The highest BCUT2D eigenvalue weighted by Gasteiger charge is 2.43. The molecule has 5 aromatic carbocycles. The van der Waals surface area contributed by atoms with Crippen molar-refractivity contribution in [2.24, 2.45) is 0 Å². The molecule has 142 valence electrons. The van der Waals surface area contributed by atoms with Gasteiger partial charge in [-0.1, -0.05) is 78.5 Å². The van der Waals surface area contributed by atoms with E-state index in [4.69, 9.17) is 21.3 Å². The van der Waals surface area contributed by atoms with E-state index in [0.29, 0.717) is 0 Å². The molecule has 0 N–H and O–H groups in total. The van der Waals surface area contributed by atoms with Crippen LogP contribution in [0.5, 0.6) is 23.0 Å². The van der Waals surface area contributed by atoms with Crippen LogP contribution in [-0.4, -0.2) is 0 Å². The lowest BCUT2D eigenvalue weighted by Gasteiger charge is -2.38. The quantitative estimate of drug-likeness (QED) is 0.281. The van der Waals surface area contributed by atoms with E-state index in [-0.39, 0.29) is 0 Å². The van der Waals surface area contributed by atoms with E-state index in [2.05, 4.69) is 66.7 Å². The Kier molecular flexibility index (Phi) is 3.18. The smallest absolute Gasteiger partial charge is 0.148 e. The van der Waals surface area contributed by atoms with E-state index in [1.165, 1.54) is 0 Å². The first-order valence-corrected chi connectivity index (χ1v) is 12.7. The average Bonchev–Trinajstić information content (AvgIpc) is 2.79. The van der Waals surface area contributed by atoms with Crippen LogP contribution >= 0.6 is 6.04 Å². The molecule has 5 aromatic rings. The van der Waals surface area contributed by atoms with Gasteiger partial charge in [-0.15, -0.1) is 0 Å². The van der Waals surface area contributed by atoms with Gasteiger partial charge in [-0.25, -0.2) is 0 Å². The molecule has 0 spiro atoms. The molecule has 0 saturated heterocycles. The topological polar surface area (TPSA) is 18.5 Å². The molecule has 0 fully saturated rings. The molecule has 2 heterocycles. The Hall–Kier alpha value is -3.13. The van der Waals surface area contributed by atoms with E-state index in [1.54, 1.807) is 0 Å². The zero-order valence-electron chi connectivity index (χ0n) is 15.8. The van der Waals surface area contributed by atoms with Crippen LogP contribution < -0.4 is 25.4 Å². The minimum Gasteiger partial charge on any atom is -0.456 e. The van der Waals surface area contributed by atoms with Gasteiger partial charge in [0.2, 0.25) is 0 Å². The first-order valence-electron chi connectivity index (χ1n) is 9.89. The SMILES string of the molecule is S=P12c3ccccc3Oc3cc4ccccc4c(c31)Oc1c2ccc2ccccc12. The summed E-state index contributed by atoms with van der Waals surface area (Å²) in [6.07, 6.45) is 0. The van der Waals surface area contributed by atoms with Crippen molar-refractivity contribution >= 4 is 55.3 Å². The first-order chi connectivity index (χ1) is 14.7. The summed E-state index contributed by atoms with van der Waals surface area (Å²) in [5.41, 5.74) is 0. The van der Waals surface area contributed by atoms with E-state index in [1.807, 2.05) is 24.3 Å². The van der Waals surface area contributed by atoms with Gasteiger partial charge in [0.25, 0.3) is 0 Å². The predicted molar refractivity (Wildman–Crippen MR) is 128 cm³/mol. The number of para-hydroxylation sites is 1. The summed E-state index contributed by atoms with van der Waals surface area (Å²) >= 11 is 6.64.